The Labute approximate surface area is 121 Å². The molecule has 0 aliphatic carbocycles. The number of nitrogens with one attached hydrogen (secondary N) is 1. The van der Waals surface area contributed by atoms with Gasteiger partial charge in [0.2, 0.25) is 0 Å². The fourth-order valence-electron chi connectivity index (χ4n) is 2.17. The lowest BCUT2D eigenvalue weighted by Crippen LogP contribution is -2.00. The van der Waals surface area contributed by atoms with Crippen molar-refractivity contribution in [1.29, 1.82) is 0 Å². The first-order valence-corrected chi connectivity index (χ1v) is 6.56. The minimum Gasteiger partial charge on any atom is -0.497 e. The molecule has 20 heavy (non-hydrogen) atoms. The number of H-pyrrole nitrogens is 1. The SMILES string of the molecule is COc1ccc(Cn2c(=S)[nH]c3c(N)nccc32)cc1. The zero-order valence-electron chi connectivity index (χ0n) is 11.0. The van der Waals surface area contributed by atoms with Crippen molar-refractivity contribution in [3.05, 3.63) is 46.9 Å². The van der Waals surface area contributed by atoms with Crippen LogP contribution < -0.4 is 10.5 Å². The number of aromatic amines is 1. The topological polar surface area (TPSA) is 68.9 Å². The Hall–Kier alpha value is -2.34. The lowest BCUT2D eigenvalue weighted by molar-refractivity contribution is 0.414. The average molecular weight is 286 g/mol. The summed E-state index contributed by atoms with van der Waals surface area (Å²) in [5.74, 6) is 1.30. The fourth-order valence-corrected chi connectivity index (χ4v) is 2.44. The smallest absolute Gasteiger partial charge is 0.178 e. The molecule has 3 N–H and O–H groups in total. The molecule has 0 aliphatic rings. The lowest BCUT2D eigenvalue weighted by atomic mass is 10.2. The number of fused-ring (bicyclic) bond motifs is 1. The first kappa shape index (κ1) is 12.7. The van der Waals surface area contributed by atoms with Gasteiger partial charge in [-0.2, -0.15) is 0 Å². The van der Waals surface area contributed by atoms with Crippen LogP contribution in [0.2, 0.25) is 0 Å². The van der Waals surface area contributed by atoms with E-state index < -0.39 is 0 Å². The average Bonchev–Trinajstić information content (AvgIpc) is 2.78. The highest BCUT2D eigenvalue weighted by atomic mass is 32.1. The standard InChI is InChI=1S/C14H14N4OS/c1-19-10-4-2-9(3-5-10)8-18-11-6-7-16-13(15)12(11)17-14(18)20/h2-7H,8H2,1H3,(H2,15,16)(H,17,20). The van der Waals surface area contributed by atoms with Crippen LogP contribution in [0.3, 0.4) is 0 Å². The van der Waals surface area contributed by atoms with Crippen molar-refractivity contribution in [2.24, 2.45) is 0 Å². The number of hydrogen-bond acceptors (Lipinski definition) is 4. The predicted molar refractivity (Wildman–Crippen MR) is 81.4 cm³/mol. The third-order valence-corrected chi connectivity index (χ3v) is 3.55. The number of methoxy groups -OCH3 is 1. The fraction of sp³-hybridized carbons (Fsp3) is 0.143. The predicted octanol–water partition coefficient (Wildman–Crippen LogP) is 2.73. The molecule has 2 heterocycles. The van der Waals surface area contributed by atoms with E-state index in [0.717, 1.165) is 22.3 Å². The molecule has 5 nitrogen and oxygen atoms in total. The van der Waals surface area contributed by atoms with Gasteiger partial charge in [-0.3, -0.25) is 0 Å². The monoisotopic (exact) mass is 286 g/mol. The Bertz CT molecular complexity index is 804. The Morgan fingerprint density at radius 3 is 2.75 bits per heavy atom. The molecule has 3 aromatic rings. The van der Waals surface area contributed by atoms with E-state index in [4.69, 9.17) is 22.7 Å². The summed E-state index contributed by atoms with van der Waals surface area (Å²) in [7, 11) is 1.65. The summed E-state index contributed by atoms with van der Waals surface area (Å²) in [6.45, 7) is 0.673. The minimum absolute atomic E-state index is 0.460. The van der Waals surface area contributed by atoms with Crippen LogP contribution in [0.25, 0.3) is 11.0 Å². The highest BCUT2D eigenvalue weighted by Gasteiger charge is 2.08. The molecule has 2 aromatic heterocycles. The Kier molecular flexibility index (Phi) is 3.15. The third-order valence-electron chi connectivity index (χ3n) is 3.23. The molecule has 6 heteroatoms. The van der Waals surface area contributed by atoms with Gasteiger partial charge >= 0.3 is 0 Å². The van der Waals surface area contributed by atoms with Crippen LogP contribution in [-0.4, -0.2) is 21.6 Å². The molecule has 1 aromatic carbocycles. The first-order chi connectivity index (χ1) is 9.69. The van der Waals surface area contributed by atoms with Gasteiger partial charge in [0, 0.05) is 6.20 Å². The summed E-state index contributed by atoms with van der Waals surface area (Å²) in [5.41, 5.74) is 8.73. The van der Waals surface area contributed by atoms with Gasteiger partial charge in [-0.15, -0.1) is 0 Å². The molecule has 0 unspecified atom stereocenters. The molecule has 0 saturated heterocycles. The van der Waals surface area contributed by atoms with Crippen molar-refractivity contribution in [3.63, 3.8) is 0 Å². The van der Waals surface area contributed by atoms with Crippen molar-refractivity contribution < 1.29 is 4.74 Å². The number of aromatic nitrogens is 3. The van der Waals surface area contributed by atoms with E-state index in [0.29, 0.717) is 17.1 Å². The number of nitrogens with zero attached hydrogens (tertiary/aromatic N) is 2. The van der Waals surface area contributed by atoms with Crippen molar-refractivity contribution in [1.82, 2.24) is 14.5 Å². The number of hydrogen-bond donors (Lipinski definition) is 2. The maximum absolute atomic E-state index is 5.85. The van der Waals surface area contributed by atoms with Gasteiger partial charge in [0.25, 0.3) is 0 Å². The molecule has 0 bridgehead atoms. The van der Waals surface area contributed by atoms with Crippen LogP contribution in [-0.2, 0) is 6.54 Å². The van der Waals surface area contributed by atoms with E-state index in [9.17, 15) is 0 Å². The van der Waals surface area contributed by atoms with E-state index in [-0.39, 0.29) is 0 Å². The van der Waals surface area contributed by atoms with Crippen LogP contribution in [0, 0.1) is 4.77 Å². The first-order valence-electron chi connectivity index (χ1n) is 6.15. The van der Waals surface area contributed by atoms with Gasteiger partial charge in [-0.1, -0.05) is 12.1 Å². The number of benzene rings is 1. The number of ether oxygens (including phenoxy) is 1. The molecular formula is C14H14N4OS. The Morgan fingerprint density at radius 2 is 2.05 bits per heavy atom. The number of nitrogens with two attached hydrogens (primary N) is 1. The molecular weight excluding hydrogens is 272 g/mol. The van der Waals surface area contributed by atoms with Gasteiger partial charge in [0.15, 0.2) is 4.77 Å². The summed E-state index contributed by atoms with van der Waals surface area (Å²) in [5, 5.41) is 0. The number of imidazole rings is 1. The Morgan fingerprint density at radius 1 is 1.30 bits per heavy atom. The van der Waals surface area contributed by atoms with Gasteiger partial charge in [0.1, 0.15) is 17.1 Å². The molecule has 0 fully saturated rings. The van der Waals surface area contributed by atoms with E-state index >= 15 is 0 Å². The molecule has 0 radical (unpaired) electrons. The van der Waals surface area contributed by atoms with Gasteiger partial charge in [-0.05, 0) is 36.0 Å². The molecule has 0 spiro atoms. The largest absolute Gasteiger partial charge is 0.497 e. The maximum Gasteiger partial charge on any atom is 0.178 e. The van der Waals surface area contributed by atoms with E-state index in [2.05, 4.69) is 9.97 Å². The van der Waals surface area contributed by atoms with Crippen LogP contribution in [0.1, 0.15) is 5.56 Å². The molecule has 0 amide bonds. The van der Waals surface area contributed by atoms with E-state index in [1.165, 1.54) is 0 Å². The van der Waals surface area contributed by atoms with Crippen molar-refractivity contribution in [3.8, 4) is 5.75 Å². The second kappa shape index (κ2) is 4.97. The second-order valence-electron chi connectivity index (χ2n) is 4.45. The summed E-state index contributed by atoms with van der Waals surface area (Å²) < 4.78 is 7.79. The summed E-state index contributed by atoms with van der Waals surface area (Å²) in [6.07, 6.45) is 1.69. The highest BCUT2D eigenvalue weighted by Crippen LogP contribution is 2.20. The van der Waals surface area contributed by atoms with Crippen LogP contribution in [0.4, 0.5) is 5.82 Å². The van der Waals surface area contributed by atoms with Crippen LogP contribution >= 0.6 is 12.2 Å². The molecule has 0 saturated carbocycles. The molecule has 3 rings (SSSR count). The number of nitrogen functional groups attached to an aromatic ring is 1. The van der Waals surface area contributed by atoms with E-state index in [1.54, 1.807) is 13.3 Å². The normalized spacial score (nSPS) is 10.8. The summed E-state index contributed by atoms with van der Waals surface area (Å²) >= 11 is 5.36. The number of rotatable bonds is 3. The van der Waals surface area contributed by atoms with Gasteiger partial charge < -0.3 is 20.0 Å². The molecule has 0 atom stereocenters. The lowest BCUT2D eigenvalue weighted by Gasteiger charge is -2.06. The number of anilines is 1. The van der Waals surface area contributed by atoms with Crippen molar-refractivity contribution >= 4 is 29.1 Å². The van der Waals surface area contributed by atoms with Gasteiger partial charge in [-0.25, -0.2) is 4.98 Å². The van der Waals surface area contributed by atoms with Crippen LogP contribution in [0.15, 0.2) is 36.5 Å². The second-order valence-corrected chi connectivity index (χ2v) is 4.84. The molecule has 102 valence electrons. The maximum atomic E-state index is 5.85. The highest BCUT2D eigenvalue weighted by molar-refractivity contribution is 7.71. The van der Waals surface area contributed by atoms with Crippen molar-refractivity contribution in [2.45, 2.75) is 6.54 Å². The number of pyridine rings is 1. The Balaban J connectivity index is 2.04. The quantitative estimate of drug-likeness (QED) is 0.726. The summed E-state index contributed by atoms with van der Waals surface area (Å²) in [4.78, 5) is 7.17. The van der Waals surface area contributed by atoms with E-state index in [1.807, 2.05) is 34.9 Å². The zero-order valence-corrected chi connectivity index (χ0v) is 11.8. The molecule has 0 aliphatic heterocycles. The summed E-state index contributed by atoms with van der Waals surface area (Å²) in [6, 6.07) is 9.81. The minimum atomic E-state index is 0.460. The van der Waals surface area contributed by atoms with Crippen molar-refractivity contribution in [2.75, 3.05) is 12.8 Å². The van der Waals surface area contributed by atoms with Gasteiger partial charge in [0.05, 0.1) is 19.2 Å². The zero-order chi connectivity index (χ0) is 14.1. The third kappa shape index (κ3) is 2.14. The van der Waals surface area contributed by atoms with Crippen LogP contribution in [0.5, 0.6) is 5.75 Å².